The van der Waals surface area contributed by atoms with Crippen LogP contribution in [-0.2, 0) is 4.79 Å². The van der Waals surface area contributed by atoms with Crippen LogP contribution in [0, 0.1) is 0 Å². The van der Waals surface area contributed by atoms with Gasteiger partial charge in [0.1, 0.15) is 5.54 Å². The molecule has 0 aliphatic carbocycles. The number of aromatic nitrogens is 1. The highest BCUT2D eigenvalue weighted by Crippen LogP contribution is 2.21. The van der Waals surface area contributed by atoms with Crippen LogP contribution >= 0.6 is 0 Å². The number of nitrogens with zero attached hydrogens (tertiary/aromatic N) is 1. The van der Waals surface area contributed by atoms with E-state index in [0.29, 0.717) is 5.56 Å². The number of para-hydroxylation sites is 1. The third-order valence-corrected chi connectivity index (χ3v) is 3.64. The van der Waals surface area contributed by atoms with E-state index >= 15 is 0 Å². The number of nitrogens with one attached hydrogen (secondary N) is 2. The normalized spacial score (nSPS) is 17.3. The molecule has 3 rings (SSSR count). The molecule has 0 bridgehead atoms. The molecule has 0 unspecified atom stereocenters. The van der Waals surface area contributed by atoms with E-state index in [1.54, 1.807) is 20.0 Å². The molecule has 1 aliphatic heterocycles. The summed E-state index contributed by atoms with van der Waals surface area (Å²) in [6, 6.07) is 6.87. The van der Waals surface area contributed by atoms with Gasteiger partial charge in [0, 0.05) is 22.7 Å². The molecule has 1 fully saturated rings. The monoisotopic (exact) mass is 285 g/mol. The van der Waals surface area contributed by atoms with Crippen molar-refractivity contribution < 1.29 is 14.4 Å². The van der Waals surface area contributed by atoms with E-state index in [4.69, 9.17) is 0 Å². The SMILES string of the molecule is CC1(C)NC(=O)N(CC(=O)c2c[nH]c3ccccc23)C1=O. The molecule has 0 saturated carbocycles. The molecule has 2 aromatic rings. The van der Waals surface area contributed by atoms with Gasteiger partial charge in [0.05, 0.1) is 6.54 Å². The highest BCUT2D eigenvalue weighted by atomic mass is 16.2. The average Bonchev–Trinajstić information content (AvgIpc) is 2.94. The van der Waals surface area contributed by atoms with E-state index in [1.807, 2.05) is 24.3 Å². The van der Waals surface area contributed by atoms with Gasteiger partial charge in [-0.25, -0.2) is 4.79 Å². The fourth-order valence-electron chi connectivity index (χ4n) is 2.49. The number of imide groups is 1. The zero-order chi connectivity index (χ0) is 15.2. The second-order valence-electron chi connectivity index (χ2n) is 5.62. The first kappa shape index (κ1) is 13.4. The Balaban J connectivity index is 1.87. The third kappa shape index (κ3) is 2.08. The fraction of sp³-hybridized carbons (Fsp3) is 0.267. The van der Waals surface area contributed by atoms with Gasteiger partial charge < -0.3 is 10.3 Å². The van der Waals surface area contributed by atoms with Crippen molar-refractivity contribution in [2.45, 2.75) is 19.4 Å². The van der Waals surface area contributed by atoms with Crippen molar-refractivity contribution in [3.63, 3.8) is 0 Å². The van der Waals surface area contributed by atoms with Gasteiger partial charge in [0.2, 0.25) is 0 Å². The fourth-order valence-corrected chi connectivity index (χ4v) is 2.49. The Labute approximate surface area is 121 Å². The van der Waals surface area contributed by atoms with Crippen LogP contribution in [0.1, 0.15) is 24.2 Å². The second-order valence-corrected chi connectivity index (χ2v) is 5.62. The number of urea groups is 1. The molecule has 1 aromatic carbocycles. The minimum atomic E-state index is -0.961. The van der Waals surface area contributed by atoms with Crippen LogP contribution in [0.2, 0.25) is 0 Å². The zero-order valence-electron chi connectivity index (χ0n) is 11.8. The van der Waals surface area contributed by atoms with E-state index < -0.39 is 11.6 Å². The van der Waals surface area contributed by atoms with Gasteiger partial charge in [0.25, 0.3) is 5.91 Å². The minimum absolute atomic E-state index is 0.254. The summed E-state index contributed by atoms with van der Waals surface area (Å²) in [7, 11) is 0. The van der Waals surface area contributed by atoms with E-state index in [2.05, 4.69) is 10.3 Å². The van der Waals surface area contributed by atoms with Gasteiger partial charge >= 0.3 is 6.03 Å². The van der Waals surface area contributed by atoms with Crippen LogP contribution in [0.4, 0.5) is 4.79 Å². The molecule has 1 aromatic heterocycles. The third-order valence-electron chi connectivity index (χ3n) is 3.64. The molecular weight excluding hydrogens is 270 g/mol. The number of hydrogen-bond acceptors (Lipinski definition) is 3. The number of amides is 3. The van der Waals surface area contributed by atoms with E-state index in [9.17, 15) is 14.4 Å². The number of rotatable bonds is 3. The molecule has 6 heteroatoms. The number of carbonyl (C=O) groups excluding carboxylic acids is 3. The van der Waals surface area contributed by atoms with Crippen LogP contribution in [0.15, 0.2) is 30.5 Å². The summed E-state index contributed by atoms with van der Waals surface area (Å²) < 4.78 is 0. The van der Waals surface area contributed by atoms with Gasteiger partial charge in [-0.15, -0.1) is 0 Å². The summed E-state index contributed by atoms with van der Waals surface area (Å²) in [4.78, 5) is 40.2. The van der Waals surface area contributed by atoms with Crippen molar-refractivity contribution in [1.29, 1.82) is 0 Å². The Morgan fingerprint density at radius 3 is 2.62 bits per heavy atom. The van der Waals surface area contributed by atoms with E-state index in [0.717, 1.165) is 15.8 Å². The van der Waals surface area contributed by atoms with Crippen LogP contribution in [0.5, 0.6) is 0 Å². The van der Waals surface area contributed by atoms with Crippen LogP contribution in [0.3, 0.4) is 0 Å². The lowest BCUT2D eigenvalue weighted by atomic mass is 10.1. The highest BCUT2D eigenvalue weighted by Gasteiger charge is 2.44. The molecular formula is C15H15N3O3. The number of carbonyl (C=O) groups is 3. The lowest BCUT2D eigenvalue weighted by Gasteiger charge is -2.15. The first-order chi connectivity index (χ1) is 9.90. The Morgan fingerprint density at radius 2 is 1.95 bits per heavy atom. The second kappa shape index (κ2) is 4.44. The maximum atomic E-state index is 12.4. The summed E-state index contributed by atoms with van der Waals surface area (Å²) in [5, 5.41) is 3.34. The summed E-state index contributed by atoms with van der Waals surface area (Å²) in [6.45, 7) is 2.97. The lowest BCUT2D eigenvalue weighted by molar-refractivity contribution is -0.129. The maximum Gasteiger partial charge on any atom is 0.325 e. The molecule has 1 aliphatic rings. The van der Waals surface area contributed by atoms with Gasteiger partial charge in [-0.05, 0) is 19.9 Å². The van der Waals surface area contributed by atoms with Gasteiger partial charge in [-0.3, -0.25) is 14.5 Å². The largest absolute Gasteiger partial charge is 0.360 e. The number of benzene rings is 1. The number of H-pyrrole nitrogens is 1. The molecule has 3 amide bonds. The van der Waals surface area contributed by atoms with Gasteiger partial charge in [-0.2, -0.15) is 0 Å². The van der Waals surface area contributed by atoms with Crippen molar-refractivity contribution in [2.24, 2.45) is 0 Å². The van der Waals surface area contributed by atoms with Gasteiger partial charge in [-0.1, -0.05) is 18.2 Å². The highest BCUT2D eigenvalue weighted by molar-refractivity contribution is 6.14. The summed E-state index contributed by atoms with van der Waals surface area (Å²) in [6.07, 6.45) is 1.61. The number of fused-ring (bicyclic) bond motifs is 1. The molecule has 0 radical (unpaired) electrons. The summed E-state index contributed by atoms with van der Waals surface area (Å²) in [5.74, 6) is -0.658. The summed E-state index contributed by atoms with van der Waals surface area (Å²) >= 11 is 0. The van der Waals surface area contributed by atoms with Crippen molar-refractivity contribution in [3.8, 4) is 0 Å². The number of aromatic amines is 1. The van der Waals surface area contributed by atoms with Gasteiger partial charge in [0.15, 0.2) is 5.78 Å². The molecule has 0 spiro atoms. The standard InChI is InChI=1S/C15H15N3O3/c1-15(2)13(20)18(14(21)17-15)8-12(19)10-7-16-11-6-4-3-5-9(10)11/h3-7,16H,8H2,1-2H3,(H,17,21). The predicted octanol–water partition coefficient (Wildman–Crippen LogP) is 1.68. The lowest BCUT2D eigenvalue weighted by Crippen LogP contribution is -2.41. The smallest absolute Gasteiger partial charge is 0.325 e. The molecule has 108 valence electrons. The number of hydrogen-bond donors (Lipinski definition) is 2. The number of Topliss-reactive ketones (excluding diaryl/α,β-unsaturated/α-hetero) is 1. The predicted molar refractivity (Wildman–Crippen MR) is 77.0 cm³/mol. The van der Waals surface area contributed by atoms with Crippen LogP contribution in [0.25, 0.3) is 10.9 Å². The first-order valence-electron chi connectivity index (χ1n) is 6.63. The molecule has 2 heterocycles. The Kier molecular flexibility index (Phi) is 2.83. The van der Waals surface area contributed by atoms with Crippen LogP contribution in [-0.4, -0.2) is 39.7 Å². The Morgan fingerprint density at radius 1 is 1.24 bits per heavy atom. The molecule has 2 N–H and O–H groups in total. The van der Waals surface area contributed by atoms with Crippen molar-refractivity contribution >= 4 is 28.6 Å². The van der Waals surface area contributed by atoms with Crippen molar-refractivity contribution in [3.05, 3.63) is 36.0 Å². The van der Waals surface area contributed by atoms with E-state index in [-0.39, 0.29) is 18.2 Å². The molecule has 6 nitrogen and oxygen atoms in total. The Bertz CT molecular complexity index is 760. The van der Waals surface area contributed by atoms with Crippen molar-refractivity contribution in [1.82, 2.24) is 15.2 Å². The zero-order valence-corrected chi connectivity index (χ0v) is 11.8. The number of ketones is 1. The van der Waals surface area contributed by atoms with E-state index in [1.165, 1.54) is 0 Å². The van der Waals surface area contributed by atoms with Crippen LogP contribution < -0.4 is 5.32 Å². The average molecular weight is 285 g/mol. The minimum Gasteiger partial charge on any atom is -0.360 e. The first-order valence-corrected chi connectivity index (χ1v) is 6.63. The van der Waals surface area contributed by atoms with Crippen molar-refractivity contribution in [2.75, 3.05) is 6.54 Å². The maximum absolute atomic E-state index is 12.4. The molecule has 0 atom stereocenters. The Hall–Kier alpha value is -2.63. The molecule has 1 saturated heterocycles. The summed E-state index contributed by atoms with van der Waals surface area (Å²) in [5.41, 5.74) is 0.367. The topological polar surface area (TPSA) is 82.3 Å². The quantitative estimate of drug-likeness (QED) is 0.665. The molecule has 21 heavy (non-hydrogen) atoms.